The van der Waals surface area contributed by atoms with Crippen molar-refractivity contribution in [2.24, 2.45) is 4.99 Å². The van der Waals surface area contributed by atoms with Crippen LogP contribution in [0.3, 0.4) is 0 Å². The minimum Gasteiger partial charge on any atom is -0.508 e. The SMILES string of the molecule is COC(=O)CC(C)=N[C@@H](C(=O)O)c1ccc(O)cc1.[K]. The van der Waals surface area contributed by atoms with Crippen LogP contribution in [0.2, 0.25) is 0 Å². The van der Waals surface area contributed by atoms with Crippen molar-refractivity contribution in [1.29, 1.82) is 0 Å². The summed E-state index contributed by atoms with van der Waals surface area (Å²) in [5.74, 6) is -1.56. The Bertz CT molecular complexity index is 498. The number of carbonyl (C=O) groups is 2. The number of nitrogens with zero attached hydrogens (tertiary/aromatic N) is 1. The molecule has 7 heteroatoms. The largest absolute Gasteiger partial charge is 0.508 e. The second-order valence-electron chi connectivity index (χ2n) is 3.95. The second kappa shape index (κ2) is 9.25. The summed E-state index contributed by atoms with van der Waals surface area (Å²) in [6, 6.07) is 4.61. The molecule has 0 amide bonds. The van der Waals surface area contributed by atoms with Gasteiger partial charge in [0, 0.05) is 57.1 Å². The van der Waals surface area contributed by atoms with Crippen LogP contribution in [0.5, 0.6) is 5.75 Å². The Morgan fingerprint density at radius 1 is 1.30 bits per heavy atom. The molecule has 0 aromatic heterocycles. The quantitative estimate of drug-likeness (QED) is 0.483. The fourth-order valence-corrected chi connectivity index (χ4v) is 1.48. The van der Waals surface area contributed by atoms with Crippen molar-refractivity contribution >= 4 is 69.0 Å². The van der Waals surface area contributed by atoms with Crippen LogP contribution in [-0.4, -0.2) is 86.4 Å². The van der Waals surface area contributed by atoms with Gasteiger partial charge in [-0.05, 0) is 24.6 Å². The van der Waals surface area contributed by atoms with Gasteiger partial charge in [0.1, 0.15) is 5.75 Å². The average Bonchev–Trinajstić information content (AvgIpc) is 2.36. The van der Waals surface area contributed by atoms with Crippen LogP contribution in [0.25, 0.3) is 0 Å². The Morgan fingerprint density at radius 3 is 2.30 bits per heavy atom. The molecule has 2 N–H and O–H groups in total. The Kier molecular flexibility index (Phi) is 8.91. The normalized spacial score (nSPS) is 12.2. The minimum absolute atomic E-state index is 0. The van der Waals surface area contributed by atoms with Crippen molar-refractivity contribution in [1.82, 2.24) is 0 Å². The standard InChI is InChI=1S/C13H15NO5.K/c1-8(7-11(16)19-2)14-12(13(17)18)9-3-5-10(15)6-4-9;/h3-6,12,15H,7H2,1-2H3,(H,17,18);/t12-;/m1./s1. The van der Waals surface area contributed by atoms with Crippen LogP contribution in [0, 0.1) is 0 Å². The third kappa shape index (κ3) is 6.15. The van der Waals surface area contributed by atoms with Crippen LogP contribution >= 0.6 is 0 Å². The molecule has 0 aliphatic rings. The number of hydrogen-bond acceptors (Lipinski definition) is 5. The maximum Gasteiger partial charge on any atom is 0.333 e. The summed E-state index contributed by atoms with van der Waals surface area (Å²) in [4.78, 5) is 26.3. The van der Waals surface area contributed by atoms with E-state index in [1.54, 1.807) is 6.92 Å². The van der Waals surface area contributed by atoms with Crippen LogP contribution < -0.4 is 0 Å². The van der Waals surface area contributed by atoms with E-state index in [1.807, 2.05) is 0 Å². The number of phenols is 1. The molecule has 0 heterocycles. The van der Waals surface area contributed by atoms with Crippen LogP contribution in [-0.2, 0) is 14.3 Å². The number of aliphatic imine (C=N–C) groups is 1. The van der Waals surface area contributed by atoms with E-state index in [0.717, 1.165) is 0 Å². The molecule has 1 aromatic carbocycles. The Hall–Kier alpha value is -0.734. The third-order valence-corrected chi connectivity index (χ3v) is 2.42. The number of aromatic hydroxyl groups is 1. The molecule has 0 aliphatic carbocycles. The molecule has 1 rings (SSSR count). The molecule has 103 valence electrons. The molecule has 20 heavy (non-hydrogen) atoms. The maximum absolute atomic E-state index is 11.2. The molecule has 0 saturated carbocycles. The summed E-state index contributed by atoms with van der Waals surface area (Å²) in [6.45, 7) is 1.56. The van der Waals surface area contributed by atoms with E-state index < -0.39 is 18.0 Å². The smallest absolute Gasteiger partial charge is 0.333 e. The number of hydrogen-bond donors (Lipinski definition) is 2. The van der Waals surface area contributed by atoms with Gasteiger partial charge in [-0.2, -0.15) is 0 Å². The number of carbonyl (C=O) groups excluding carboxylic acids is 1. The molecule has 1 aromatic rings. The predicted molar refractivity (Wildman–Crippen MR) is 74.0 cm³/mol. The van der Waals surface area contributed by atoms with Crippen LogP contribution in [0.1, 0.15) is 24.9 Å². The van der Waals surface area contributed by atoms with Gasteiger partial charge in [-0.1, -0.05) is 12.1 Å². The number of methoxy groups -OCH3 is 1. The third-order valence-electron chi connectivity index (χ3n) is 2.42. The fourth-order valence-electron chi connectivity index (χ4n) is 1.48. The number of esters is 1. The van der Waals surface area contributed by atoms with Gasteiger partial charge < -0.3 is 14.9 Å². The molecule has 6 nitrogen and oxygen atoms in total. The molecule has 0 spiro atoms. The van der Waals surface area contributed by atoms with Crippen molar-refractivity contribution in [3.63, 3.8) is 0 Å². The molecule has 0 unspecified atom stereocenters. The predicted octanol–water partition coefficient (Wildman–Crippen LogP) is 1.16. The molecule has 0 bridgehead atoms. The zero-order valence-corrected chi connectivity index (χ0v) is 14.8. The summed E-state index contributed by atoms with van der Waals surface area (Å²) in [5.41, 5.74) is 0.793. The summed E-state index contributed by atoms with van der Waals surface area (Å²) < 4.78 is 4.48. The number of benzene rings is 1. The first-order valence-electron chi connectivity index (χ1n) is 5.56. The van der Waals surface area contributed by atoms with E-state index in [9.17, 15) is 9.59 Å². The molecular formula is C13H15KNO5. The molecule has 0 saturated heterocycles. The van der Waals surface area contributed by atoms with Gasteiger partial charge in [0.2, 0.25) is 0 Å². The number of ether oxygens (including phenoxy) is 1. The maximum atomic E-state index is 11.2. The summed E-state index contributed by atoms with van der Waals surface area (Å²) in [5, 5.41) is 18.3. The van der Waals surface area contributed by atoms with Crippen molar-refractivity contribution in [2.45, 2.75) is 19.4 Å². The van der Waals surface area contributed by atoms with Gasteiger partial charge in [-0.3, -0.25) is 9.79 Å². The number of rotatable bonds is 5. The van der Waals surface area contributed by atoms with Gasteiger partial charge >= 0.3 is 11.9 Å². The Morgan fingerprint density at radius 2 is 1.85 bits per heavy atom. The van der Waals surface area contributed by atoms with Crippen molar-refractivity contribution in [3.8, 4) is 5.75 Å². The minimum atomic E-state index is -1.13. The second-order valence-corrected chi connectivity index (χ2v) is 3.95. The Balaban J connectivity index is 0.00000361. The summed E-state index contributed by atoms with van der Waals surface area (Å²) in [7, 11) is 1.25. The number of carboxylic acids is 1. The van der Waals surface area contributed by atoms with Crippen molar-refractivity contribution < 1.29 is 24.5 Å². The molecular weight excluding hydrogens is 289 g/mol. The first kappa shape index (κ1) is 19.3. The first-order valence-corrected chi connectivity index (χ1v) is 5.56. The topological polar surface area (TPSA) is 96.2 Å². The average molecular weight is 304 g/mol. The van der Waals surface area contributed by atoms with Crippen molar-refractivity contribution in [3.05, 3.63) is 29.8 Å². The van der Waals surface area contributed by atoms with Crippen LogP contribution in [0.4, 0.5) is 0 Å². The van der Waals surface area contributed by atoms with Gasteiger partial charge in [0.05, 0.1) is 13.5 Å². The van der Waals surface area contributed by atoms with E-state index in [-0.39, 0.29) is 63.6 Å². The van der Waals surface area contributed by atoms with E-state index in [4.69, 9.17) is 10.2 Å². The molecule has 1 atom stereocenters. The van der Waals surface area contributed by atoms with E-state index in [0.29, 0.717) is 11.3 Å². The zero-order valence-electron chi connectivity index (χ0n) is 11.7. The van der Waals surface area contributed by atoms with E-state index in [1.165, 1.54) is 31.4 Å². The molecule has 0 aliphatic heterocycles. The number of aliphatic carboxylic acids is 1. The number of phenolic OH excluding ortho intramolecular Hbond substituents is 1. The molecule has 0 fully saturated rings. The first-order chi connectivity index (χ1) is 8.93. The van der Waals surface area contributed by atoms with Gasteiger partial charge in [0.15, 0.2) is 6.04 Å². The zero-order chi connectivity index (χ0) is 14.4. The Labute approximate surface area is 159 Å². The monoisotopic (exact) mass is 304 g/mol. The summed E-state index contributed by atoms with van der Waals surface area (Å²) in [6.07, 6.45) is -0.0572. The summed E-state index contributed by atoms with van der Waals surface area (Å²) >= 11 is 0. The van der Waals surface area contributed by atoms with Crippen LogP contribution in [0.15, 0.2) is 29.3 Å². The molecule has 1 radical (unpaired) electrons. The van der Waals surface area contributed by atoms with E-state index in [2.05, 4.69) is 9.73 Å². The van der Waals surface area contributed by atoms with Gasteiger partial charge in [0.25, 0.3) is 0 Å². The number of carboxylic acid groups (broad SMARTS) is 1. The fraction of sp³-hybridized carbons (Fsp3) is 0.308. The van der Waals surface area contributed by atoms with E-state index >= 15 is 0 Å². The van der Waals surface area contributed by atoms with Gasteiger partial charge in [-0.25, -0.2) is 4.79 Å². The van der Waals surface area contributed by atoms with Crippen molar-refractivity contribution in [2.75, 3.05) is 7.11 Å². The van der Waals surface area contributed by atoms with Gasteiger partial charge in [-0.15, -0.1) is 0 Å².